The summed E-state index contributed by atoms with van der Waals surface area (Å²) in [5.41, 5.74) is 0. The topological polar surface area (TPSA) is 18.5 Å². The van der Waals surface area contributed by atoms with Gasteiger partial charge in [-0.25, -0.2) is 0 Å². The van der Waals surface area contributed by atoms with Gasteiger partial charge in [0.2, 0.25) is 9.04 Å². The van der Waals surface area contributed by atoms with Crippen LogP contribution in [0, 0.1) is 5.92 Å². The van der Waals surface area contributed by atoms with Gasteiger partial charge >= 0.3 is 0 Å². The van der Waals surface area contributed by atoms with Crippen LogP contribution in [0.5, 0.6) is 0 Å². The molecule has 0 aliphatic carbocycles. The van der Waals surface area contributed by atoms with E-state index in [1.165, 1.54) is 11.2 Å². The van der Waals surface area contributed by atoms with E-state index in [1.54, 1.807) is 0 Å². The quantitative estimate of drug-likeness (QED) is 0.685. The molecule has 0 saturated carbocycles. The Balaban J connectivity index is 1.98. The zero-order valence-electron chi connectivity index (χ0n) is 8.48. The fourth-order valence-corrected chi connectivity index (χ4v) is 4.03. The van der Waals surface area contributed by atoms with Crippen LogP contribution < -0.4 is 5.19 Å². The van der Waals surface area contributed by atoms with E-state index in [1.807, 2.05) is 7.11 Å². The summed E-state index contributed by atoms with van der Waals surface area (Å²) in [7, 11) is 0.661. The molecule has 0 amide bonds. The van der Waals surface area contributed by atoms with Crippen LogP contribution in [-0.2, 0) is 9.16 Å². The lowest BCUT2D eigenvalue weighted by molar-refractivity contribution is -0.0232. The summed E-state index contributed by atoms with van der Waals surface area (Å²) < 4.78 is 10.8. The molecule has 1 aliphatic heterocycles. The van der Waals surface area contributed by atoms with Gasteiger partial charge in [0, 0.05) is 13.0 Å². The summed E-state index contributed by atoms with van der Waals surface area (Å²) in [6, 6.07) is 11.8. The van der Waals surface area contributed by atoms with Crippen LogP contribution >= 0.6 is 0 Å². The maximum Gasteiger partial charge on any atom is 0.208 e. The van der Waals surface area contributed by atoms with E-state index in [4.69, 9.17) is 9.16 Å². The fraction of sp³-hybridized carbons (Fsp3) is 0.455. The third-order valence-electron chi connectivity index (χ3n) is 2.71. The molecule has 0 spiro atoms. The lowest BCUT2D eigenvalue weighted by Crippen LogP contribution is -2.39. The molecule has 1 unspecified atom stereocenters. The summed E-state index contributed by atoms with van der Waals surface area (Å²) in [6.07, 6.45) is 0. The second kappa shape index (κ2) is 4.73. The maximum atomic E-state index is 5.63. The van der Waals surface area contributed by atoms with Crippen LogP contribution in [0.4, 0.5) is 0 Å². The molecule has 1 heterocycles. The molecule has 0 bridgehead atoms. The van der Waals surface area contributed by atoms with Gasteiger partial charge in [-0.1, -0.05) is 30.3 Å². The summed E-state index contributed by atoms with van der Waals surface area (Å²) >= 11 is 0. The molecule has 3 heteroatoms. The van der Waals surface area contributed by atoms with Crippen LogP contribution in [0.25, 0.3) is 0 Å². The second-order valence-electron chi connectivity index (χ2n) is 3.77. The first-order valence-corrected chi connectivity index (χ1v) is 6.92. The van der Waals surface area contributed by atoms with E-state index >= 15 is 0 Å². The Bertz CT molecular complexity index is 272. The van der Waals surface area contributed by atoms with Crippen molar-refractivity contribution in [1.82, 2.24) is 0 Å². The van der Waals surface area contributed by atoms with Gasteiger partial charge in [-0.3, -0.25) is 0 Å². The van der Waals surface area contributed by atoms with Gasteiger partial charge in [-0.2, -0.15) is 0 Å². The first-order chi connectivity index (χ1) is 6.90. The van der Waals surface area contributed by atoms with Crippen molar-refractivity contribution in [1.29, 1.82) is 0 Å². The molecule has 0 radical (unpaired) electrons. The Morgan fingerprint density at radius 3 is 2.57 bits per heavy atom. The molecule has 1 saturated heterocycles. The molecule has 2 rings (SSSR count). The summed E-state index contributed by atoms with van der Waals surface area (Å²) in [5, 5.41) is 1.40. The Kier molecular flexibility index (Phi) is 3.34. The lowest BCUT2D eigenvalue weighted by atomic mass is 10.1. The molecule has 1 aromatic carbocycles. The Labute approximate surface area is 86.6 Å². The average Bonchev–Trinajstić information content (AvgIpc) is 2.18. The van der Waals surface area contributed by atoms with E-state index in [9.17, 15) is 0 Å². The van der Waals surface area contributed by atoms with Gasteiger partial charge in [0.15, 0.2) is 0 Å². The number of ether oxygens (including phenoxy) is 1. The zero-order chi connectivity index (χ0) is 9.80. The third kappa shape index (κ3) is 2.23. The summed E-state index contributed by atoms with van der Waals surface area (Å²) in [6.45, 7) is 1.86. The van der Waals surface area contributed by atoms with Crippen molar-refractivity contribution < 1.29 is 9.16 Å². The standard InChI is InChI=1S/C11H16O2Si/c1-12-14(9-10-7-13-8-10)11-5-3-2-4-6-11/h2-6,10,14H,7-9H2,1H3. The normalized spacial score (nSPS) is 18.9. The van der Waals surface area contributed by atoms with Gasteiger partial charge in [0.05, 0.1) is 13.2 Å². The lowest BCUT2D eigenvalue weighted by Gasteiger charge is -2.28. The van der Waals surface area contributed by atoms with E-state index in [2.05, 4.69) is 30.3 Å². The molecular formula is C11H16O2Si. The molecule has 0 N–H and O–H groups in total. The minimum Gasteiger partial charge on any atom is -0.418 e. The van der Waals surface area contributed by atoms with E-state index < -0.39 is 9.04 Å². The minimum absolute atomic E-state index is 0.742. The number of benzene rings is 1. The molecule has 1 atom stereocenters. The van der Waals surface area contributed by atoms with Crippen molar-refractivity contribution in [2.45, 2.75) is 6.04 Å². The summed E-state index contributed by atoms with van der Waals surface area (Å²) in [5.74, 6) is 0.742. The molecule has 14 heavy (non-hydrogen) atoms. The monoisotopic (exact) mass is 208 g/mol. The Hall–Kier alpha value is -0.643. The average molecular weight is 208 g/mol. The van der Waals surface area contributed by atoms with Gasteiger partial charge in [0.1, 0.15) is 0 Å². The van der Waals surface area contributed by atoms with Gasteiger partial charge in [-0.15, -0.1) is 0 Å². The molecular weight excluding hydrogens is 192 g/mol. The van der Waals surface area contributed by atoms with E-state index in [0.29, 0.717) is 0 Å². The highest BCUT2D eigenvalue weighted by Crippen LogP contribution is 2.17. The van der Waals surface area contributed by atoms with Crippen LogP contribution in [-0.4, -0.2) is 29.4 Å². The fourth-order valence-electron chi connectivity index (χ4n) is 1.76. The molecule has 2 nitrogen and oxygen atoms in total. The highest BCUT2D eigenvalue weighted by molar-refractivity contribution is 6.67. The van der Waals surface area contributed by atoms with Crippen molar-refractivity contribution >= 4 is 14.2 Å². The third-order valence-corrected chi connectivity index (χ3v) is 5.50. The summed E-state index contributed by atoms with van der Waals surface area (Å²) in [4.78, 5) is 0. The predicted octanol–water partition coefficient (Wildman–Crippen LogP) is 0.910. The minimum atomic E-state index is -1.18. The Morgan fingerprint density at radius 1 is 1.36 bits per heavy atom. The SMILES string of the molecule is CO[SiH](CC1COC1)c1ccccc1. The van der Waals surface area contributed by atoms with Crippen molar-refractivity contribution in [2.24, 2.45) is 5.92 Å². The predicted molar refractivity (Wildman–Crippen MR) is 59.4 cm³/mol. The first kappa shape index (κ1) is 9.89. The number of rotatable bonds is 4. The number of hydrogen-bond acceptors (Lipinski definition) is 2. The largest absolute Gasteiger partial charge is 0.418 e. The van der Waals surface area contributed by atoms with Crippen molar-refractivity contribution in [3.8, 4) is 0 Å². The van der Waals surface area contributed by atoms with Crippen LogP contribution in [0.1, 0.15) is 0 Å². The zero-order valence-corrected chi connectivity index (χ0v) is 9.63. The molecule has 1 aliphatic rings. The van der Waals surface area contributed by atoms with Gasteiger partial charge in [0.25, 0.3) is 0 Å². The van der Waals surface area contributed by atoms with Crippen molar-refractivity contribution in [3.05, 3.63) is 30.3 Å². The smallest absolute Gasteiger partial charge is 0.208 e. The van der Waals surface area contributed by atoms with Crippen LogP contribution in [0.3, 0.4) is 0 Å². The Morgan fingerprint density at radius 2 is 2.07 bits per heavy atom. The van der Waals surface area contributed by atoms with Crippen molar-refractivity contribution in [2.75, 3.05) is 20.3 Å². The van der Waals surface area contributed by atoms with Gasteiger partial charge < -0.3 is 9.16 Å². The molecule has 1 aromatic rings. The highest BCUT2D eigenvalue weighted by Gasteiger charge is 2.25. The molecule has 0 aromatic heterocycles. The molecule has 1 fully saturated rings. The van der Waals surface area contributed by atoms with E-state index in [0.717, 1.165) is 19.1 Å². The second-order valence-corrected chi connectivity index (χ2v) is 6.36. The highest BCUT2D eigenvalue weighted by atomic mass is 28.3. The van der Waals surface area contributed by atoms with Crippen LogP contribution in [0.2, 0.25) is 6.04 Å². The maximum absolute atomic E-state index is 5.63. The number of hydrogen-bond donors (Lipinski definition) is 0. The van der Waals surface area contributed by atoms with E-state index in [-0.39, 0.29) is 0 Å². The van der Waals surface area contributed by atoms with Crippen LogP contribution in [0.15, 0.2) is 30.3 Å². The van der Waals surface area contributed by atoms with Crippen molar-refractivity contribution in [3.63, 3.8) is 0 Å². The van der Waals surface area contributed by atoms with Gasteiger partial charge in [-0.05, 0) is 11.2 Å². The first-order valence-electron chi connectivity index (χ1n) is 5.05. The molecule has 76 valence electrons.